The van der Waals surface area contributed by atoms with Crippen LogP contribution >= 0.6 is 0 Å². The first kappa shape index (κ1) is 8.09. The molecule has 2 nitrogen and oxygen atoms in total. The highest BCUT2D eigenvalue weighted by Crippen LogP contribution is 2.29. The Bertz CT molecular complexity index is 190. The Kier molecular flexibility index (Phi) is 2.07. The third kappa shape index (κ3) is 1.35. The quantitative estimate of drug-likeness (QED) is 0.538. The van der Waals surface area contributed by atoms with Gasteiger partial charge in [0.05, 0.1) is 0 Å². The van der Waals surface area contributed by atoms with Gasteiger partial charge in [-0.05, 0) is 31.6 Å². The molecule has 0 aromatic rings. The van der Waals surface area contributed by atoms with Gasteiger partial charge in [0.1, 0.15) is 0 Å². The van der Waals surface area contributed by atoms with Crippen molar-refractivity contribution in [2.75, 3.05) is 6.54 Å². The summed E-state index contributed by atoms with van der Waals surface area (Å²) >= 11 is 0. The third-order valence-corrected chi connectivity index (χ3v) is 3.15. The van der Waals surface area contributed by atoms with Gasteiger partial charge >= 0.3 is 0 Å². The van der Waals surface area contributed by atoms with Crippen molar-refractivity contribution in [1.82, 2.24) is 4.90 Å². The molecule has 0 N–H and O–H groups in total. The molecule has 0 unspecified atom stereocenters. The van der Waals surface area contributed by atoms with Crippen molar-refractivity contribution in [3.8, 4) is 0 Å². The molecular formula is C10H17NO. The molecule has 0 aromatic heterocycles. The maximum atomic E-state index is 11.6. The first-order valence-electron chi connectivity index (χ1n) is 5.07. The Morgan fingerprint density at radius 2 is 2.25 bits per heavy atom. The van der Waals surface area contributed by atoms with Crippen molar-refractivity contribution < 1.29 is 4.79 Å². The van der Waals surface area contributed by atoms with Crippen molar-refractivity contribution in [3.05, 3.63) is 0 Å². The fraction of sp³-hybridized carbons (Fsp3) is 0.900. The zero-order valence-corrected chi connectivity index (χ0v) is 7.75. The number of hydrogen-bond acceptors (Lipinski definition) is 1. The van der Waals surface area contributed by atoms with Gasteiger partial charge in [-0.15, -0.1) is 0 Å². The van der Waals surface area contributed by atoms with E-state index in [1.54, 1.807) is 0 Å². The van der Waals surface area contributed by atoms with E-state index in [2.05, 4.69) is 11.8 Å². The molecule has 2 fully saturated rings. The predicted molar refractivity (Wildman–Crippen MR) is 47.8 cm³/mol. The fourth-order valence-electron chi connectivity index (χ4n) is 2.54. The molecule has 1 amide bonds. The van der Waals surface area contributed by atoms with E-state index in [1.807, 2.05) is 0 Å². The molecule has 2 aliphatic heterocycles. The molecule has 2 heterocycles. The van der Waals surface area contributed by atoms with E-state index >= 15 is 0 Å². The van der Waals surface area contributed by atoms with Crippen LogP contribution < -0.4 is 0 Å². The fourth-order valence-corrected chi connectivity index (χ4v) is 2.54. The summed E-state index contributed by atoms with van der Waals surface area (Å²) < 4.78 is 0. The zero-order chi connectivity index (χ0) is 8.55. The van der Waals surface area contributed by atoms with Crippen LogP contribution in [-0.2, 0) is 4.79 Å². The maximum absolute atomic E-state index is 11.6. The van der Waals surface area contributed by atoms with Crippen LogP contribution in [0.25, 0.3) is 0 Å². The predicted octanol–water partition coefficient (Wildman–Crippen LogP) is 1.80. The van der Waals surface area contributed by atoms with Gasteiger partial charge in [-0.25, -0.2) is 0 Å². The number of rotatable bonds is 0. The number of amides is 1. The Balaban J connectivity index is 2.06. The second kappa shape index (κ2) is 3.08. The molecular weight excluding hydrogens is 150 g/mol. The summed E-state index contributed by atoms with van der Waals surface area (Å²) in [6.45, 7) is 3.22. The molecule has 68 valence electrons. The average molecular weight is 167 g/mol. The van der Waals surface area contributed by atoms with Crippen LogP contribution in [-0.4, -0.2) is 23.4 Å². The second-order valence-corrected chi connectivity index (χ2v) is 4.28. The summed E-state index contributed by atoms with van der Waals surface area (Å²) in [5.74, 6) is 1.02. The first-order chi connectivity index (χ1) is 5.77. The molecule has 12 heavy (non-hydrogen) atoms. The Morgan fingerprint density at radius 1 is 1.42 bits per heavy atom. The van der Waals surface area contributed by atoms with Crippen LogP contribution in [0.5, 0.6) is 0 Å². The smallest absolute Gasteiger partial charge is 0.223 e. The molecule has 2 heteroatoms. The minimum Gasteiger partial charge on any atom is -0.340 e. The van der Waals surface area contributed by atoms with E-state index in [1.165, 1.54) is 25.7 Å². The SMILES string of the molecule is C[C@H]1CC(=O)N2CCCC[C@@H]2C1. The van der Waals surface area contributed by atoms with Gasteiger partial charge in [0.2, 0.25) is 5.91 Å². The number of carbonyl (C=O) groups excluding carboxylic acids is 1. The molecule has 0 radical (unpaired) electrons. The van der Waals surface area contributed by atoms with Crippen LogP contribution in [0.15, 0.2) is 0 Å². The number of hydrogen-bond donors (Lipinski definition) is 0. The van der Waals surface area contributed by atoms with E-state index in [0.717, 1.165) is 13.0 Å². The molecule has 0 aliphatic carbocycles. The number of nitrogens with zero attached hydrogens (tertiary/aromatic N) is 1. The van der Waals surface area contributed by atoms with Gasteiger partial charge < -0.3 is 4.90 Å². The van der Waals surface area contributed by atoms with Gasteiger partial charge in [0.25, 0.3) is 0 Å². The van der Waals surface area contributed by atoms with Crippen molar-refractivity contribution in [2.45, 2.75) is 45.1 Å². The minimum atomic E-state index is 0.401. The van der Waals surface area contributed by atoms with Crippen LogP contribution in [0.1, 0.15) is 39.0 Å². The first-order valence-corrected chi connectivity index (χ1v) is 5.07. The van der Waals surface area contributed by atoms with Gasteiger partial charge in [-0.2, -0.15) is 0 Å². The van der Waals surface area contributed by atoms with Crippen LogP contribution in [0.2, 0.25) is 0 Å². The van der Waals surface area contributed by atoms with Crippen molar-refractivity contribution >= 4 is 5.91 Å². The molecule has 0 saturated carbocycles. The van der Waals surface area contributed by atoms with E-state index < -0.39 is 0 Å². The lowest BCUT2D eigenvalue weighted by Gasteiger charge is -2.41. The van der Waals surface area contributed by atoms with Gasteiger partial charge in [-0.1, -0.05) is 6.92 Å². The van der Waals surface area contributed by atoms with Crippen molar-refractivity contribution in [3.63, 3.8) is 0 Å². The summed E-state index contributed by atoms with van der Waals surface area (Å²) in [6.07, 6.45) is 5.82. The number of carbonyl (C=O) groups is 1. The summed E-state index contributed by atoms with van der Waals surface area (Å²) in [5.41, 5.74) is 0. The standard InChI is InChI=1S/C10H17NO/c1-8-6-9-4-2-3-5-11(9)10(12)7-8/h8-9H,2-7H2,1H3/t8-,9-/m1/s1. The Labute approximate surface area is 73.9 Å². The lowest BCUT2D eigenvalue weighted by molar-refractivity contribution is -0.139. The normalized spacial score (nSPS) is 36.4. The average Bonchev–Trinajstić information content (AvgIpc) is 2.04. The summed E-state index contributed by atoms with van der Waals surface area (Å²) in [6, 6.07) is 0.593. The monoisotopic (exact) mass is 167 g/mol. The van der Waals surface area contributed by atoms with E-state index in [0.29, 0.717) is 17.9 Å². The molecule has 2 atom stereocenters. The minimum absolute atomic E-state index is 0.401. The Hall–Kier alpha value is -0.530. The van der Waals surface area contributed by atoms with E-state index in [4.69, 9.17) is 0 Å². The summed E-state index contributed by atoms with van der Waals surface area (Å²) in [4.78, 5) is 13.7. The third-order valence-electron chi connectivity index (χ3n) is 3.15. The molecule has 0 spiro atoms. The molecule has 2 saturated heterocycles. The summed E-state index contributed by atoms with van der Waals surface area (Å²) in [5, 5.41) is 0. The van der Waals surface area contributed by atoms with Crippen molar-refractivity contribution in [1.29, 1.82) is 0 Å². The van der Waals surface area contributed by atoms with E-state index in [9.17, 15) is 4.79 Å². The highest BCUT2D eigenvalue weighted by molar-refractivity contribution is 5.77. The number of fused-ring (bicyclic) bond motifs is 1. The van der Waals surface area contributed by atoms with Crippen LogP contribution in [0.3, 0.4) is 0 Å². The highest BCUT2D eigenvalue weighted by Gasteiger charge is 2.32. The molecule has 2 rings (SSSR count). The molecule has 2 aliphatic rings. The second-order valence-electron chi connectivity index (χ2n) is 4.28. The van der Waals surface area contributed by atoms with Gasteiger partial charge in [0, 0.05) is 19.0 Å². The highest BCUT2D eigenvalue weighted by atomic mass is 16.2. The number of piperidine rings is 2. The van der Waals surface area contributed by atoms with E-state index in [-0.39, 0.29) is 0 Å². The Morgan fingerprint density at radius 3 is 3.08 bits per heavy atom. The van der Waals surface area contributed by atoms with Crippen molar-refractivity contribution in [2.24, 2.45) is 5.92 Å². The maximum Gasteiger partial charge on any atom is 0.223 e. The molecule has 0 aromatic carbocycles. The largest absolute Gasteiger partial charge is 0.340 e. The summed E-state index contributed by atoms with van der Waals surface area (Å²) in [7, 11) is 0. The van der Waals surface area contributed by atoms with Gasteiger partial charge in [0.15, 0.2) is 0 Å². The zero-order valence-electron chi connectivity index (χ0n) is 7.75. The topological polar surface area (TPSA) is 20.3 Å². The molecule has 0 bridgehead atoms. The van der Waals surface area contributed by atoms with Gasteiger partial charge in [-0.3, -0.25) is 4.79 Å². The lowest BCUT2D eigenvalue weighted by Crippen LogP contribution is -2.48. The van der Waals surface area contributed by atoms with Crippen LogP contribution in [0.4, 0.5) is 0 Å². The lowest BCUT2D eigenvalue weighted by atomic mass is 9.87. The van der Waals surface area contributed by atoms with Crippen LogP contribution in [0, 0.1) is 5.92 Å².